The molecule has 1 aliphatic heterocycles. The normalized spacial score (nSPS) is 13.7. The minimum absolute atomic E-state index is 0.188. The summed E-state index contributed by atoms with van der Waals surface area (Å²) in [7, 11) is 0. The Labute approximate surface area is 212 Å². The monoisotopic (exact) mass is 505 g/mol. The van der Waals surface area contributed by atoms with Crippen LogP contribution in [0.15, 0.2) is 42.7 Å². The molecule has 10 nitrogen and oxygen atoms in total. The lowest BCUT2D eigenvalue weighted by Gasteiger charge is -2.28. The topological polar surface area (TPSA) is 117 Å². The lowest BCUT2D eigenvalue weighted by Crippen LogP contribution is -2.36. The number of carbonyl (C=O) groups excluding carboxylic acids is 1. The summed E-state index contributed by atoms with van der Waals surface area (Å²) < 4.78 is 6.62. The largest absolute Gasteiger partial charge is 0.378 e. The van der Waals surface area contributed by atoms with Gasteiger partial charge >= 0.3 is 0 Å². The molecule has 0 aliphatic carbocycles. The first kappa shape index (κ1) is 24.0. The fourth-order valence-corrected chi connectivity index (χ4v) is 5.17. The van der Waals surface area contributed by atoms with E-state index in [1.807, 2.05) is 11.8 Å². The Hall–Kier alpha value is -3.67. The summed E-state index contributed by atoms with van der Waals surface area (Å²) in [4.78, 5) is 35.6. The number of benzene rings is 1. The molecule has 5 rings (SSSR count). The quantitative estimate of drug-likeness (QED) is 0.288. The highest BCUT2D eigenvalue weighted by Crippen LogP contribution is 2.35. The molecular weight excluding hydrogens is 478 g/mol. The van der Waals surface area contributed by atoms with Crippen molar-refractivity contribution in [3.63, 3.8) is 0 Å². The maximum atomic E-state index is 11.6. The van der Waals surface area contributed by atoms with Gasteiger partial charge in [0.2, 0.25) is 5.95 Å². The molecule has 11 heteroatoms. The number of hydroxylamine groups is 1. The van der Waals surface area contributed by atoms with E-state index < -0.39 is 5.91 Å². The number of nitrogens with one attached hydrogen (secondary N) is 1. The molecular formula is C25H27N7O3S. The molecule has 1 fully saturated rings. The van der Waals surface area contributed by atoms with Gasteiger partial charge in [0.1, 0.15) is 0 Å². The van der Waals surface area contributed by atoms with Gasteiger partial charge < -0.3 is 14.5 Å². The molecule has 0 bridgehead atoms. The smallest absolute Gasteiger partial charge is 0.277 e. The van der Waals surface area contributed by atoms with Crippen LogP contribution in [-0.4, -0.2) is 63.9 Å². The maximum Gasteiger partial charge on any atom is 0.277 e. The Morgan fingerprint density at radius 3 is 2.56 bits per heavy atom. The highest BCUT2D eigenvalue weighted by atomic mass is 32.1. The van der Waals surface area contributed by atoms with Crippen molar-refractivity contribution < 1.29 is 14.7 Å². The highest BCUT2D eigenvalue weighted by Gasteiger charge is 2.21. The van der Waals surface area contributed by atoms with E-state index in [0.717, 1.165) is 39.6 Å². The van der Waals surface area contributed by atoms with Crippen LogP contribution in [-0.2, 0) is 11.3 Å². The van der Waals surface area contributed by atoms with Gasteiger partial charge in [-0.05, 0) is 19.9 Å². The van der Waals surface area contributed by atoms with Crippen molar-refractivity contribution >= 4 is 39.2 Å². The highest BCUT2D eigenvalue weighted by molar-refractivity contribution is 7.19. The number of amides is 1. The molecule has 1 saturated heterocycles. The molecule has 1 aliphatic rings. The molecule has 4 heterocycles. The van der Waals surface area contributed by atoms with Gasteiger partial charge in [-0.3, -0.25) is 10.0 Å². The first-order valence-electron chi connectivity index (χ1n) is 11.8. The summed E-state index contributed by atoms with van der Waals surface area (Å²) in [6.07, 6.45) is 2.80. The van der Waals surface area contributed by atoms with Gasteiger partial charge in [-0.1, -0.05) is 29.8 Å². The first-order valence-corrected chi connectivity index (χ1v) is 12.6. The summed E-state index contributed by atoms with van der Waals surface area (Å²) in [5.74, 6) is 1.51. The molecule has 0 atom stereocenters. The van der Waals surface area contributed by atoms with E-state index in [0.29, 0.717) is 38.1 Å². The van der Waals surface area contributed by atoms with Crippen molar-refractivity contribution in [1.29, 1.82) is 0 Å². The van der Waals surface area contributed by atoms with Crippen LogP contribution in [0.3, 0.4) is 0 Å². The Morgan fingerprint density at radius 1 is 1.17 bits per heavy atom. The zero-order valence-corrected chi connectivity index (χ0v) is 21.0. The van der Waals surface area contributed by atoms with Crippen LogP contribution in [0.25, 0.3) is 21.6 Å². The van der Waals surface area contributed by atoms with Crippen molar-refractivity contribution in [3.05, 3.63) is 58.7 Å². The number of hydrogen-bond acceptors (Lipinski definition) is 10. The number of rotatable bonds is 7. The molecule has 0 saturated carbocycles. The molecule has 0 radical (unpaired) electrons. The van der Waals surface area contributed by atoms with Crippen molar-refractivity contribution in [2.24, 2.45) is 0 Å². The fourth-order valence-electron chi connectivity index (χ4n) is 4.04. The minimum Gasteiger partial charge on any atom is -0.378 e. The lowest BCUT2D eigenvalue weighted by atomic mass is 10.1. The number of hydrogen-bond donors (Lipinski definition) is 2. The van der Waals surface area contributed by atoms with Crippen molar-refractivity contribution in [3.8, 4) is 11.4 Å². The molecule has 186 valence electrons. The van der Waals surface area contributed by atoms with E-state index in [9.17, 15) is 4.79 Å². The lowest BCUT2D eigenvalue weighted by molar-refractivity contribution is 0.0705. The second-order valence-corrected chi connectivity index (χ2v) is 9.63. The number of morpholine rings is 1. The first-order chi connectivity index (χ1) is 17.6. The average Bonchev–Trinajstić information content (AvgIpc) is 3.34. The summed E-state index contributed by atoms with van der Waals surface area (Å²) in [6.45, 7) is 8.28. The predicted molar refractivity (Wildman–Crippen MR) is 139 cm³/mol. The zero-order valence-electron chi connectivity index (χ0n) is 20.1. The predicted octanol–water partition coefficient (Wildman–Crippen LogP) is 3.44. The van der Waals surface area contributed by atoms with Gasteiger partial charge in [-0.25, -0.2) is 25.4 Å². The van der Waals surface area contributed by atoms with Gasteiger partial charge in [0.25, 0.3) is 5.91 Å². The number of carbonyl (C=O) groups is 1. The molecule has 2 N–H and O–H groups in total. The van der Waals surface area contributed by atoms with E-state index in [-0.39, 0.29) is 5.56 Å². The van der Waals surface area contributed by atoms with E-state index in [1.165, 1.54) is 18.0 Å². The van der Waals surface area contributed by atoms with Gasteiger partial charge in [-0.2, -0.15) is 0 Å². The Balaban J connectivity index is 1.49. The summed E-state index contributed by atoms with van der Waals surface area (Å²) >= 11 is 1.67. The van der Waals surface area contributed by atoms with E-state index >= 15 is 0 Å². The molecule has 1 aromatic carbocycles. The molecule has 1 amide bonds. The molecule has 3 aromatic heterocycles. The van der Waals surface area contributed by atoms with Gasteiger partial charge in [0, 0.05) is 42.5 Å². The van der Waals surface area contributed by atoms with E-state index in [4.69, 9.17) is 19.9 Å². The summed E-state index contributed by atoms with van der Waals surface area (Å²) in [5.41, 5.74) is 4.87. The zero-order chi connectivity index (χ0) is 25.1. The van der Waals surface area contributed by atoms with Crippen LogP contribution in [0.1, 0.15) is 27.7 Å². The Morgan fingerprint density at radius 2 is 1.89 bits per heavy atom. The SMILES string of the molecule is CCN(Cc1cc2nc(-c3ccc(C)cc3)nc(N3CCOCC3)c2s1)c1ncc(C(=O)NO)cn1. The molecule has 36 heavy (non-hydrogen) atoms. The number of fused-ring (bicyclic) bond motifs is 1. The fraction of sp³-hybridized carbons (Fsp3) is 0.320. The number of anilines is 2. The standard InChI is InChI=1S/C25H27N7O3S/c1-3-31(25-26-13-18(14-27-25)24(33)30-34)15-19-12-20-21(36-19)23(32-8-10-35-11-9-32)29-22(28-20)17-6-4-16(2)5-7-17/h4-7,12-14,34H,3,8-11,15H2,1-2H3,(H,30,33). The van der Waals surface area contributed by atoms with Crippen LogP contribution in [0, 0.1) is 6.92 Å². The van der Waals surface area contributed by atoms with Crippen LogP contribution in [0.5, 0.6) is 0 Å². The maximum absolute atomic E-state index is 11.6. The second-order valence-electron chi connectivity index (χ2n) is 8.49. The van der Waals surface area contributed by atoms with Crippen LogP contribution in [0.2, 0.25) is 0 Å². The molecule has 4 aromatic rings. The molecule has 0 spiro atoms. The van der Waals surface area contributed by atoms with Gasteiger partial charge in [0.15, 0.2) is 11.6 Å². The summed E-state index contributed by atoms with van der Waals surface area (Å²) in [5, 5.41) is 8.81. The third-order valence-corrected chi connectivity index (χ3v) is 7.14. The van der Waals surface area contributed by atoms with Crippen LogP contribution < -0.4 is 15.3 Å². The summed E-state index contributed by atoms with van der Waals surface area (Å²) in [6, 6.07) is 10.4. The van der Waals surface area contributed by atoms with Crippen LogP contribution >= 0.6 is 11.3 Å². The third kappa shape index (κ3) is 4.99. The average molecular weight is 506 g/mol. The van der Waals surface area contributed by atoms with Crippen molar-refractivity contribution in [2.45, 2.75) is 20.4 Å². The van der Waals surface area contributed by atoms with E-state index in [1.54, 1.807) is 16.8 Å². The van der Waals surface area contributed by atoms with E-state index in [2.05, 4.69) is 52.1 Å². The molecule has 0 unspecified atom stereocenters. The minimum atomic E-state index is -0.646. The number of aromatic nitrogens is 4. The van der Waals surface area contributed by atoms with Crippen LogP contribution in [0.4, 0.5) is 11.8 Å². The number of aryl methyl sites for hydroxylation is 1. The van der Waals surface area contributed by atoms with Crippen molar-refractivity contribution in [1.82, 2.24) is 25.4 Å². The number of ether oxygens (including phenoxy) is 1. The third-order valence-electron chi connectivity index (χ3n) is 6.04. The van der Waals surface area contributed by atoms with Gasteiger partial charge in [0.05, 0.1) is 35.5 Å². The Bertz CT molecular complexity index is 1350. The van der Waals surface area contributed by atoms with Gasteiger partial charge in [-0.15, -0.1) is 11.3 Å². The number of nitrogens with zero attached hydrogens (tertiary/aromatic N) is 6. The number of thiophene rings is 1. The Kier molecular flexibility index (Phi) is 7.03. The van der Waals surface area contributed by atoms with Crippen molar-refractivity contribution in [2.75, 3.05) is 42.6 Å². The second kappa shape index (κ2) is 10.5.